The van der Waals surface area contributed by atoms with Crippen molar-refractivity contribution in [2.45, 2.75) is 6.92 Å². The third-order valence-electron chi connectivity index (χ3n) is 1.57. The van der Waals surface area contributed by atoms with E-state index < -0.39 is 0 Å². The maximum Gasteiger partial charge on any atom is 0.103 e. The molecule has 1 aromatic rings. The highest BCUT2D eigenvalue weighted by Gasteiger charge is 1.97. The van der Waals surface area contributed by atoms with Gasteiger partial charge < -0.3 is 4.74 Å². The number of rotatable bonds is 3. The maximum absolute atomic E-state index is 8.81. The van der Waals surface area contributed by atoms with Crippen LogP contribution in [0.25, 0.3) is 5.57 Å². The van der Waals surface area contributed by atoms with E-state index in [2.05, 4.69) is 6.07 Å². The molecular weight excluding hydrogens is 162 g/mol. The van der Waals surface area contributed by atoms with Crippen LogP contribution in [0, 0.1) is 11.3 Å². The van der Waals surface area contributed by atoms with Gasteiger partial charge in [0.25, 0.3) is 0 Å². The molecule has 0 amide bonds. The van der Waals surface area contributed by atoms with Crippen molar-refractivity contribution in [1.82, 2.24) is 0 Å². The fourth-order valence-electron chi connectivity index (χ4n) is 0.943. The number of ether oxygens (including phenoxy) is 1. The molecule has 0 atom stereocenters. The minimum Gasteiger partial charge on any atom is -0.500 e. The minimum atomic E-state index is 0.558. The van der Waals surface area contributed by atoms with Crippen molar-refractivity contribution in [3.8, 4) is 6.07 Å². The monoisotopic (exact) mass is 173 g/mol. The molecule has 0 unspecified atom stereocenters. The molecule has 13 heavy (non-hydrogen) atoms. The molecule has 0 N–H and O–H groups in total. The second kappa shape index (κ2) is 5.00. The molecule has 2 nitrogen and oxygen atoms in total. The first kappa shape index (κ1) is 9.34. The van der Waals surface area contributed by atoms with Crippen LogP contribution >= 0.6 is 0 Å². The fraction of sp³-hybridized carbons (Fsp3) is 0.182. The second-order valence-corrected chi connectivity index (χ2v) is 2.46. The van der Waals surface area contributed by atoms with Crippen molar-refractivity contribution in [3.63, 3.8) is 0 Å². The smallest absolute Gasteiger partial charge is 0.103 e. The molecule has 0 spiro atoms. The quantitative estimate of drug-likeness (QED) is 0.520. The molecule has 0 bridgehead atoms. The van der Waals surface area contributed by atoms with Crippen LogP contribution in [0.15, 0.2) is 36.6 Å². The van der Waals surface area contributed by atoms with Gasteiger partial charge in [-0.05, 0) is 12.5 Å². The predicted octanol–water partition coefficient (Wildman–Crippen LogP) is 2.59. The first-order valence-corrected chi connectivity index (χ1v) is 4.15. The van der Waals surface area contributed by atoms with E-state index in [1.54, 1.807) is 0 Å². The summed E-state index contributed by atoms with van der Waals surface area (Å²) in [5.74, 6) is 0. The lowest BCUT2D eigenvalue weighted by Gasteiger charge is -1.98. The number of hydrogen-bond acceptors (Lipinski definition) is 2. The highest BCUT2D eigenvalue weighted by atomic mass is 16.5. The number of nitriles is 1. The summed E-state index contributed by atoms with van der Waals surface area (Å²) in [7, 11) is 0. The highest BCUT2D eigenvalue weighted by Crippen LogP contribution is 2.12. The predicted molar refractivity (Wildman–Crippen MR) is 51.7 cm³/mol. The van der Waals surface area contributed by atoms with Crippen molar-refractivity contribution in [2.24, 2.45) is 0 Å². The molecule has 0 fully saturated rings. The molecule has 66 valence electrons. The van der Waals surface area contributed by atoms with Crippen LogP contribution in [-0.2, 0) is 4.74 Å². The van der Waals surface area contributed by atoms with Gasteiger partial charge in [-0.1, -0.05) is 30.3 Å². The van der Waals surface area contributed by atoms with E-state index in [-0.39, 0.29) is 0 Å². The average Bonchev–Trinajstić information content (AvgIpc) is 2.21. The van der Waals surface area contributed by atoms with Crippen LogP contribution in [-0.4, -0.2) is 6.61 Å². The summed E-state index contributed by atoms with van der Waals surface area (Å²) in [6.45, 7) is 2.47. The molecule has 0 saturated carbocycles. The normalized spacial score (nSPS) is 10.6. The Morgan fingerprint density at radius 2 is 2.15 bits per heavy atom. The van der Waals surface area contributed by atoms with Crippen molar-refractivity contribution in [2.75, 3.05) is 6.61 Å². The zero-order chi connectivity index (χ0) is 9.52. The largest absolute Gasteiger partial charge is 0.500 e. The molecule has 0 aliphatic rings. The summed E-state index contributed by atoms with van der Waals surface area (Å²) in [5, 5.41) is 8.81. The number of hydrogen-bond donors (Lipinski definition) is 0. The third kappa shape index (κ3) is 2.64. The summed E-state index contributed by atoms with van der Waals surface area (Å²) < 4.78 is 5.06. The summed E-state index contributed by atoms with van der Waals surface area (Å²) in [6, 6.07) is 11.6. The van der Waals surface area contributed by atoms with Crippen LogP contribution in [0.5, 0.6) is 0 Å². The van der Waals surface area contributed by atoms with Gasteiger partial charge in [0, 0.05) is 0 Å². The van der Waals surface area contributed by atoms with E-state index in [4.69, 9.17) is 10.00 Å². The Morgan fingerprint density at radius 1 is 1.46 bits per heavy atom. The van der Waals surface area contributed by atoms with E-state index in [0.29, 0.717) is 12.2 Å². The van der Waals surface area contributed by atoms with Gasteiger partial charge >= 0.3 is 0 Å². The molecule has 0 radical (unpaired) electrons. The summed E-state index contributed by atoms with van der Waals surface area (Å²) in [4.78, 5) is 0. The van der Waals surface area contributed by atoms with Gasteiger partial charge in [0.2, 0.25) is 0 Å². The topological polar surface area (TPSA) is 33.0 Å². The molecule has 0 saturated heterocycles. The second-order valence-electron chi connectivity index (χ2n) is 2.46. The number of benzene rings is 1. The van der Waals surface area contributed by atoms with E-state index in [1.165, 1.54) is 6.26 Å². The Bertz CT molecular complexity index is 322. The number of allylic oxidation sites excluding steroid dienone is 1. The van der Waals surface area contributed by atoms with Gasteiger partial charge in [0.1, 0.15) is 12.3 Å². The van der Waals surface area contributed by atoms with E-state index in [9.17, 15) is 0 Å². The maximum atomic E-state index is 8.81. The lowest BCUT2D eigenvalue weighted by molar-refractivity contribution is 0.271. The SMILES string of the molecule is CCO/C=C(\C#N)c1ccccc1. The van der Waals surface area contributed by atoms with E-state index in [1.807, 2.05) is 37.3 Å². The van der Waals surface area contributed by atoms with E-state index >= 15 is 0 Å². The molecule has 1 rings (SSSR count). The van der Waals surface area contributed by atoms with Crippen LogP contribution in [0.3, 0.4) is 0 Å². The Labute approximate surface area is 78.1 Å². The lowest BCUT2D eigenvalue weighted by Crippen LogP contribution is -1.84. The van der Waals surface area contributed by atoms with Gasteiger partial charge in [-0.25, -0.2) is 0 Å². The Balaban J connectivity index is 2.87. The zero-order valence-electron chi connectivity index (χ0n) is 7.53. The van der Waals surface area contributed by atoms with Crippen LogP contribution in [0.2, 0.25) is 0 Å². The van der Waals surface area contributed by atoms with Crippen molar-refractivity contribution in [3.05, 3.63) is 42.2 Å². The summed E-state index contributed by atoms with van der Waals surface area (Å²) >= 11 is 0. The first-order valence-electron chi connectivity index (χ1n) is 4.15. The molecule has 1 aromatic carbocycles. The fourth-order valence-corrected chi connectivity index (χ4v) is 0.943. The molecule has 0 aliphatic heterocycles. The van der Waals surface area contributed by atoms with Gasteiger partial charge in [0.15, 0.2) is 0 Å². The van der Waals surface area contributed by atoms with Crippen LogP contribution < -0.4 is 0 Å². The van der Waals surface area contributed by atoms with Crippen molar-refractivity contribution < 1.29 is 4.74 Å². The lowest BCUT2D eigenvalue weighted by atomic mass is 10.1. The van der Waals surface area contributed by atoms with Crippen LogP contribution in [0.4, 0.5) is 0 Å². The van der Waals surface area contributed by atoms with Crippen molar-refractivity contribution in [1.29, 1.82) is 5.26 Å². The van der Waals surface area contributed by atoms with E-state index in [0.717, 1.165) is 5.56 Å². The Morgan fingerprint density at radius 3 is 2.69 bits per heavy atom. The van der Waals surface area contributed by atoms with Crippen LogP contribution in [0.1, 0.15) is 12.5 Å². The Hall–Kier alpha value is -1.75. The number of nitrogens with zero attached hydrogens (tertiary/aromatic N) is 1. The average molecular weight is 173 g/mol. The Kier molecular flexibility index (Phi) is 3.59. The molecule has 0 aliphatic carbocycles. The van der Waals surface area contributed by atoms with Gasteiger partial charge in [0.05, 0.1) is 12.2 Å². The summed E-state index contributed by atoms with van der Waals surface area (Å²) in [5.41, 5.74) is 1.45. The highest BCUT2D eigenvalue weighted by molar-refractivity contribution is 5.75. The first-order chi connectivity index (χ1) is 6.38. The van der Waals surface area contributed by atoms with Crippen molar-refractivity contribution >= 4 is 5.57 Å². The molecule has 0 aromatic heterocycles. The standard InChI is InChI=1S/C11H11NO/c1-2-13-9-11(8-12)10-6-4-3-5-7-10/h3-7,9H,2H2,1H3/b11-9+. The van der Waals surface area contributed by atoms with Gasteiger partial charge in [-0.15, -0.1) is 0 Å². The molecule has 2 heteroatoms. The van der Waals surface area contributed by atoms with Gasteiger partial charge in [-0.2, -0.15) is 5.26 Å². The third-order valence-corrected chi connectivity index (χ3v) is 1.57. The van der Waals surface area contributed by atoms with Gasteiger partial charge in [-0.3, -0.25) is 0 Å². The molecular formula is C11H11NO. The molecule has 0 heterocycles. The minimum absolute atomic E-state index is 0.558. The summed E-state index contributed by atoms with van der Waals surface area (Å²) in [6.07, 6.45) is 1.50. The zero-order valence-corrected chi connectivity index (χ0v) is 7.53.